The van der Waals surface area contributed by atoms with Crippen molar-refractivity contribution in [3.63, 3.8) is 0 Å². The van der Waals surface area contributed by atoms with Gasteiger partial charge in [0.05, 0.1) is 6.54 Å². The van der Waals surface area contributed by atoms with Gasteiger partial charge in [0.15, 0.2) is 0 Å². The fourth-order valence-electron chi connectivity index (χ4n) is 1.42. The van der Waals surface area contributed by atoms with Gasteiger partial charge in [0.1, 0.15) is 0 Å². The molecule has 1 aliphatic rings. The number of carbonyl (C=O) groups is 1. The van der Waals surface area contributed by atoms with Crippen LogP contribution in [0.1, 0.15) is 6.92 Å². The molecule has 13 heavy (non-hydrogen) atoms. The largest absolute Gasteiger partial charge is 0.339 e. The van der Waals surface area contributed by atoms with Gasteiger partial charge in [-0.05, 0) is 14.0 Å². The minimum atomic E-state index is 0. The summed E-state index contributed by atoms with van der Waals surface area (Å²) in [5, 5.41) is 6.16. The molecule has 1 aliphatic heterocycles. The average molecular weight is 208 g/mol. The molecular formula is C8H18ClN3O. The number of amides is 1. The Morgan fingerprint density at radius 2 is 2.38 bits per heavy atom. The third kappa shape index (κ3) is 3.93. The van der Waals surface area contributed by atoms with Crippen LogP contribution in [0, 0.1) is 0 Å². The Morgan fingerprint density at radius 3 is 2.92 bits per heavy atom. The molecule has 1 rings (SSSR count). The lowest BCUT2D eigenvalue weighted by molar-refractivity contribution is -0.131. The summed E-state index contributed by atoms with van der Waals surface area (Å²) in [4.78, 5) is 13.3. The van der Waals surface area contributed by atoms with Crippen molar-refractivity contribution in [2.75, 3.05) is 33.2 Å². The first-order chi connectivity index (χ1) is 5.74. The third-order valence-electron chi connectivity index (χ3n) is 2.05. The van der Waals surface area contributed by atoms with Crippen molar-refractivity contribution in [2.45, 2.75) is 13.0 Å². The van der Waals surface area contributed by atoms with Crippen molar-refractivity contribution in [3.05, 3.63) is 0 Å². The predicted molar refractivity (Wildman–Crippen MR) is 55.2 cm³/mol. The van der Waals surface area contributed by atoms with Crippen LogP contribution < -0.4 is 10.6 Å². The van der Waals surface area contributed by atoms with Crippen LogP contribution in [0.15, 0.2) is 0 Å². The molecule has 0 bridgehead atoms. The van der Waals surface area contributed by atoms with E-state index >= 15 is 0 Å². The van der Waals surface area contributed by atoms with Gasteiger partial charge in [-0.15, -0.1) is 12.4 Å². The molecule has 4 nitrogen and oxygen atoms in total. The molecule has 0 aromatic rings. The Kier molecular flexibility index (Phi) is 6.03. The van der Waals surface area contributed by atoms with Gasteiger partial charge in [0.2, 0.25) is 5.91 Å². The highest BCUT2D eigenvalue weighted by molar-refractivity contribution is 5.85. The van der Waals surface area contributed by atoms with Crippen LogP contribution >= 0.6 is 12.4 Å². The number of hydrogen-bond donors (Lipinski definition) is 2. The standard InChI is InChI=1S/C8H17N3O.ClH/c1-7-6-11(4-3-10-7)8(12)5-9-2;/h7,9-10H,3-6H2,1-2H3;1H/t7-;/m1./s1. The van der Waals surface area contributed by atoms with Crippen molar-refractivity contribution in [2.24, 2.45) is 0 Å². The normalized spacial score (nSPS) is 22.3. The summed E-state index contributed by atoms with van der Waals surface area (Å²) in [5.74, 6) is 0.200. The summed E-state index contributed by atoms with van der Waals surface area (Å²) in [6.45, 7) is 5.13. The number of carbonyl (C=O) groups excluding carboxylic acids is 1. The van der Waals surface area contributed by atoms with Gasteiger partial charge in [0, 0.05) is 25.7 Å². The monoisotopic (exact) mass is 207 g/mol. The Hall–Kier alpha value is -0.320. The van der Waals surface area contributed by atoms with Gasteiger partial charge >= 0.3 is 0 Å². The van der Waals surface area contributed by atoms with Crippen molar-refractivity contribution in [1.29, 1.82) is 0 Å². The minimum Gasteiger partial charge on any atom is -0.339 e. The number of piperazine rings is 1. The molecule has 2 N–H and O–H groups in total. The lowest BCUT2D eigenvalue weighted by atomic mass is 10.2. The smallest absolute Gasteiger partial charge is 0.236 e. The molecular weight excluding hydrogens is 190 g/mol. The maximum atomic E-state index is 11.4. The summed E-state index contributed by atoms with van der Waals surface area (Å²) in [6, 6.07) is 0.430. The van der Waals surface area contributed by atoms with Crippen LogP contribution in [0.2, 0.25) is 0 Å². The number of nitrogens with one attached hydrogen (secondary N) is 2. The first-order valence-corrected chi connectivity index (χ1v) is 4.40. The van der Waals surface area contributed by atoms with Crippen molar-refractivity contribution in [3.8, 4) is 0 Å². The van der Waals surface area contributed by atoms with E-state index in [1.807, 2.05) is 4.90 Å². The second-order valence-electron chi connectivity index (χ2n) is 3.23. The highest BCUT2D eigenvalue weighted by Crippen LogP contribution is 1.97. The summed E-state index contributed by atoms with van der Waals surface area (Å²) in [7, 11) is 1.80. The highest BCUT2D eigenvalue weighted by Gasteiger charge is 2.19. The van der Waals surface area contributed by atoms with Gasteiger partial charge in [-0.25, -0.2) is 0 Å². The fraction of sp³-hybridized carbons (Fsp3) is 0.875. The number of likely N-dealkylation sites (N-methyl/N-ethyl adjacent to an activating group) is 1. The molecule has 0 unspecified atom stereocenters. The molecule has 1 atom stereocenters. The molecule has 78 valence electrons. The molecule has 1 heterocycles. The zero-order valence-corrected chi connectivity index (χ0v) is 8.99. The second-order valence-corrected chi connectivity index (χ2v) is 3.23. The molecule has 1 fully saturated rings. The topological polar surface area (TPSA) is 44.4 Å². The van der Waals surface area contributed by atoms with Crippen LogP contribution in [0.3, 0.4) is 0 Å². The maximum absolute atomic E-state index is 11.4. The van der Waals surface area contributed by atoms with Gasteiger partial charge in [-0.2, -0.15) is 0 Å². The summed E-state index contributed by atoms with van der Waals surface area (Å²) < 4.78 is 0. The Bertz CT molecular complexity index is 165. The first kappa shape index (κ1) is 12.7. The van der Waals surface area contributed by atoms with Crippen molar-refractivity contribution >= 4 is 18.3 Å². The van der Waals surface area contributed by atoms with E-state index in [0.717, 1.165) is 19.6 Å². The number of halogens is 1. The van der Waals surface area contributed by atoms with E-state index in [4.69, 9.17) is 0 Å². The molecule has 0 radical (unpaired) electrons. The predicted octanol–water partition coefficient (Wildman–Crippen LogP) is -0.552. The zero-order chi connectivity index (χ0) is 8.97. The summed E-state index contributed by atoms with van der Waals surface area (Å²) in [6.07, 6.45) is 0. The van der Waals surface area contributed by atoms with Gasteiger partial charge in [-0.1, -0.05) is 0 Å². The molecule has 5 heteroatoms. The van der Waals surface area contributed by atoms with Gasteiger partial charge in [0.25, 0.3) is 0 Å². The Labute approximate surface area is 85.5 Å². The third-order valence-corrected chi connectivity index (χ3v) is 2.05. The lowest BCUT2D eigenvalue weighted by Gasteiger charge is -2.31. The number of hydrogen-bond acceptors (Lipinski definition) is 3. The molecule has 0 aromatic heterocycles. The minimum absolute atomic E-state index is 0. The molecule has 1 amide bonds. The van der Waals surface area contributed by atoms with Crippen molar-refractivity contribution in [1.82, 2.24) is 15.5 Å². The fourth-order valence-corrected chi connectivity index (χ4v) is 1.42. The first-order valence-electron chi connectivity index (χ1n) is 4.40. The number of nitrogens with zero attached hydrogens (tertiary/aromatic N) is 1. The Morgan fingerprint density at radius 1 is 1.69 bits per heavy atom. The lowest BCUT2D eigenvalue weighted by Crippen LogP contribution is -2.52. The summed E-state index contributed by atoms with van der Waals surface area (Å²) in [5.41, 5.74) is 0. The molecule has 0 saturated carbocycles. The van der Waals surface area contributed by atoms with Crippen LogP contribution in [0.5, 0.6) is 0 Å². The van der Waals surface area contributed by atoms with Crippen LogP contribution in [-0.4, -0.2) is 50.1 Å². The van der Waals surface area contributed by atoms with Gasteiger partial charge in [-0.3, -0.25) is 4.79 Å². The van der Waals surface area contributed by atoms with Crippen LogP contribution in [-0.2, 0) is 4.79 Å². The van der Waals surface area contributed by atoms with E-state index in [2.05, 4.69) is 17.6 Å². The van der Waals surface area contributed by atoms with E-state index < -0.39 is 0 Å². The molecule has 0 aromatic carbocycles. The van der Waals surface area contributed by atoms with E-state index in [9.17, 15) is 4.79 Å². The highest BCUT2D eigenvalue weighted by atomic mass is 35.5. The quantitative estimate of drug-likeness (QED) is 0.639. The second kappa shape index (κ2) is 6.18. The zero-order valence-electron chi connectivity index (χ0n) is 8.17. The van der Waals surface area contributed by atoms with Gasteiger partial charge < -0.3 is 15.5 Å². The summed E-state index contributed by atoms with van der Waals surface area (Å²) >= 11 is 0. The van der Waals surface area contributed by atoms with E-state index in [0.29, 0.717) is 12.6 Å². The van der Waals surface area contributed by atoms with Crippen LogP contribution in [0.4, 0.5) is 0 Å². The molecule has 0 spiro atoms. The van der Waals surface area contributed by atoms with E-state index in [-0.39, 0.29) is 18.3 Å². The molecule has 1 saturated heterocycles. The molecule has 0 aliphatic carbocycles. The van der Waals surface area contributed by atoms with Crippen LogP contribution in [0.25, 0.3) is 0 Å². The Balaban J connectivity index is 0.00000144. The number of rotatable bonds is 2. The van der Waals surface area contributed by atoms with Crippen molar-refractivity contribution < 1.29 is 4.79 Å². The SMILES string of the molecule is CNCC(=O)N1CCN[C@H](C)C1.Cl. The van der Waals surface area contributed by atoms with E-state index in [1.54, 1.807) is 7.05 Å². The average Bonchev–Trinajstić information content (AvgIpc) is 2.05. The maximum Gasteiger partial charge on any atom is 0.236 e. The van der Waals surface area contributed by atoms with E-state index in [1.165, 1.54) is 0 Å².